The van der Waals surface area contributed by atoms with Gasteiger partial charge in [0.05, 0.1) is 11.6 Å². The molecule has 0 saturated heterocycles. The molecule has 1 aliphatic heterocycles. The van der Waals surface area contributed by atoms with Crippen LogP contribution in [-0.4, -0.2) is 18.5 Å². The molecule has 3 rings (SSSR count). The molecule has 0 fully saturated rings. The molecule has 1 unspecified atom stereocenters. The van der Waals surface area contributed by atoms with E-state index >= 15 is 0 Å². The Morgan fingerprint density at radius 2 is 1.83 bits per heavy atom. The van der Waals surface area contributed by atoms with Crippen molar-refractivity contribution in [3.63, 3.8) is 0 Å². The molecule has 0 saturated carbocycles. The average molecular weight is 302 g/mol. The van der Waals surface area contributed by atoms with E-state index in [-0.39, 0.29) is 0 Å². The molecule has 1 aliphatic rings. The van der Waals surface area contributed by atoms with E-state index in [0.717, 1.165) is 18.7 Å². The van der Waals surface area contributed by atoms with Crippen molar-refractivity contribution < 1.29 is 0 Å². The second-order valence-electron chi connectivity index (χ2n) is 5.66. The van der Waals surface area contributed by atoms with E-state index in [1.165, 1.54) is 16.7 Å². The largest absolute Gasteiger partial charge is 0.301 e. The predicted octanol–water partition coefficient (Wildman–Crippen LogP) is 4.49. The molecule has 0 N–H and O–H groups in total. The molecule has 0 aromatic heterocycles. The van der Waals surface area contributed by atoms with Gasteiger partial charge in [0, 0.05) is 19.0 Å². The van der Waals surface area contributed by atoms with Gasteiger partial charge in [-0.2, -0.15) is 5.26 Å². The monoisotopic (exact) mass is 302 g/mol. The Kier molecular flexibility index (Phi) is 5.91. The smallest absolute Gasteiger partial charge is 0.0991 e. The van der Waals surface area contributed by atoms with Crippen LogP contribution in [-0.2, 0) is 6.54 Å². The molecule has 0 bridgehead atoms. The molecular weight excluding hydrogens is 280 g/mol. The predicted molar refractivity (Wildman–Crippen MR) is 96.2 cm³/mol. The van der Waals surface area contributed by atoms with Crippen LogP contribution in [0.4, 0.5) is 0 Å². The van der Waals surface area contributed by atoms with Crippen molar-refractivity contribution in [3.05, 3.63) is 96.1 Å². The minimum Gasteiger partial charge on any atom is -0.301 e. The van der Waals surface area contributed by atoms with Crippen LogP contribution in [0.2, 0.25) is 0 Å². The first kappa shape index (κ1) is 16.7. The van der Waals surface area contributed by atoms with E-state index in [1.807, 2.05) is 12.1 Å². The highest BCUT2D eigenvalue weighted by molar-refractivity contribution is 5.45. The lowest BCUT2D eigenvalue weighted by Gasteiger charge is -2.32. The molecule has 2 heteroatoms. The molecule has 2 aromatic rings. The second kappa shape index (κ2) is 8.12. The standard InChI is InChI=1S/C17H16N2.C4H6/c1-19-11-15-8-7-13(10-18)9-16(15)17(12-19)14-5-3-2-4-6-14;1-3-4-2/h2-9,17H,11-12H2,1H3;3-4H,1-2H2. The summed E-state index contributed by atoms with van der Waals surface area (Å²) in [4.78, 5) is 2.34. The summed E-state index contributed by atoms with van der Waals surface area (Å²) >= 11 is 0. The zero-order valence-electron chi connectivity index (χ0n) is 13.6. The van der Waals surface area contributed by atoms with Gasteiger partial charge in [0.1, 0.15) is 0 Å². The lowest BCUT2D eigenvalue weighted by Crippen LogP contribution is -2.31. The minimum absolute atomic E-state index is 0.364. The third kappa shape index (κ3) is 4.18. The summed E-state index contributed by atoms with van der Waals surface area (Å²) in [5.41, 5.74) is 4.72. The molecule has 0 aliphatic carbocycles. The third-order valence-corrected chi connectivity index (χ3v) is 3.95. The zero-order chi connectivity index (χ0) is 16.7. The van der Waals surface area contributed by atoms with Gasteiger partial charge in [-0.1, -0.05) is 61.7 Å². The van der Waals surface area contributed by atoms with Crippen molar-refractivity contribution >= 4 is 0 Å². The maximum atomic E-state index is 9.09. The van der Waals surface area contributed by atoms with Gasteiger partial charge in [-0.3, -0.25) is 0 Å². The fourth-order valence-corrected chi connectivity index (χ4v) is 2.87. The summed E-state index contributed by atoms with van der Waals surface area (Å²) in [5.74, 6) is 0.364. The summed E-state index contributed by atoms with van der Waals surface area (Å²) in [7, 11) is 2.15. The number of nitrogens with zero attached hydrogens (tertiary/aromatic N) is 2. The third-order valence-electron chi connectivity index (χ3n) is 3.95. The topological polar surface area (TPSA) is 27.0 Å². The van der Waals surface area contributed by atoms with Gasteiger partial charge in [-0.05, 0) is 35.9 Å². The van der Waals surface area contributed by atoms with E-state index in [9.17, 15) is 0 Å². The second-order valence-corrected chi connectivity index (χ2v) is 5.66. The van der Waals surface area contributed by atoms with Crippen molar-refractivity contribution in [1.82, 2.24) is 4.90 Å². The lowest BCUT2D eigenvalue weighted by molar-refractivity contribution is 0.295. The van der Waals surface area contributed by atoms with Gasteiger partial charge in [-0.25, -0.2) is 0 Å². The van der Waals surface area contributed by atoms with Gasteiger partial charge in [-0.15, -0.1) is 0 Å². The fraction of sp³-hybridized carbons (Fsp3) is 0.190. The molecular formula is C21H22N2. The lowest BCUT2D eigenvalue weighted by atomic mass is 9.84. The van der Waals surface area contributed by atoms with Crippen molar-refractivity contribution in [2.75, 3.05) is 13.6 Å². The Hall–Kier alpha value is -2.63. The van der Waals surface area contributed by atoms with Crippen LogP contribution < -0.4 is 0 Å². The van der Waals surface area contributed by atoms with E-state index in [0.29, 0.717) is 5.92 Å². The number of fused-ring (bicyclic) bond motifs is 1. The molecule has 0 radical (unpaired) electrons. The van der Waals surface area contributed by atoms with Gasteiger partial charge in [0.25, 0.3) is 0 Å². The van der Waals surface area contributed by atoms with E-state index in [2.05, 4.69) is 67.6 Å². The highest BCUT2D eigenvalue weighted by Crippen LogP contribution is 2.33. The molecule has 0 spiro atoms. The number of rotatable bonds is 2. The molecule has 1 heterocycles. The number of allylic oxidation sites excluding steroid dienone is 2. The van der Waals surface area contributed by atoms with E-state index in [4.69, 9.17) is 5.26 Å². The number of benzene rings is 2. The molecule has 23 heavy (non-hydrogen) atoms. The summed E-state index contributed by atoms with van der Waals surface area (Å²) in [6, 6.07) is 18.9. The number of likely N-dealkylation sites (N-methyl/N-ethyl adjacent to an activating group) is 1. The van der Waals surface area contributed by atoms with Gasteiger partial charge in [0.2, 0.25) is 0 Å². The number of hydrogen-bond acceptors (Lipinski definition) is 2. The molecule has 2 aromatic carbocycles. The van der Waals surface area contributed by atoms with E-state index < -0.39 is 0 Å². The van der Waals surface area contributed by atoms with Crippen molar-refractivity contribution in [2.24, 2.45) is 0 Å². The first-order chi connectivity index (χ1) is 11.2. The first-order valence-electron chi connectivity index (χ1n) is 7.69. The summed E-state index contributed by atoms with van der Waals surface area (Å²) in [6.07, 6.45) is 3.28. The molecule has 116 valence electrons. The van der Waals surface area contributed by atoms with Crippen LogP contribution in [0.25, 0.3) is 0 Å². The van der Waals surface area contributed by atoms with Gasteiger partial charge < -0.3 is 4.90 Å². The van der Waals surface area contributed by atoms with Crippen molar-refractivity contribution in [2.45, 2.75) is 12.5 Å². The highest BCUT2D eigenvalue weighted by atomic mass is 15.1. The Morgan fingerprint density at radius 1 is 1.13 bits per heavy atom. The number of nitriles is 1. The summed E-state index contributed by atoms with van der Waals surface area (Å²) < 4.78 is 0. The Labute approximate surface area is 139 Å². The summed E-state index contributed by atoms with van der Waals surface area (Å²) in [6.45, 7) is 8.69. The van der Waals surface area contributed by atoms with Gasteiger partial charge >= 0.3 is 0 Å². The highest BCUT2D eigenvalue weighted by Gasteiger charge is 2.24. The van der Waals surface area contributed by atoms with Crippen LogP contribution in [0.1, 0.15) is 28.2 Å². The van der Waals surface area contributed by atoms with Crippen LogP contribution in [0.5, 0.6) is 0 Å². The SMILES string of the molecule is C=CC=C.CN1Cc2ccc(C#N)cc2C(c2ccccc2)C1. The van der Waals surface area contributed by atoms with Gasteiger partial charge in [0.15, 0.2) is 0 Å². The van der Waals surface area contributed by atoms with Crippen molar-refractivity contribution in [1.29, 1.82) is 5.26 Å². The maximum absolute atomic E-state index is 9.09. The normalized spacial score (nSPS) is 16.3. The zero-order valence-corrected chi connectivity index (χ0v) is 13.6. The van der Waals surface area contributed by atoms with E-state index in [1.54, 1.807) is 12.2 Å². The minimum atomic E-state index is 0.364. The maximum Gasteiger partial charge on any atom is 0.0991 e. The summed E-state index contributed by atoms with van der Waals surface area (Å²) in [5, 5.41) is 9.09. The quantitative estimate of drug-likeness (QED) is 0.764. The Balaban J connectivity index is 0.000000433. The van der Waals surface area contributed by atoms with Crippen molar-refractivity contribution in [3.8, 4) is 6.07 Å². The molecule has 1 atom stereocenters. The number of hydrogen-bond donors (Lipinski definition) is 0. The molecule has 0 amide bonds. The van der Waals surface area contributed by atoms with Crippen LogP contribution in [0, 0.1) is 11.3 Å². The van der Waals surface area contributed by atoms with Crippen LogP contribution in [0.15, 0.2) is 73.8 Å². The average Bonchev–Trinajstić information content (AvgIpc) is 2.61. The van der Waals surface area contributed by atoms with Crippen LogP contribution in [0.3, 0.4) is 0 Å². The van der Waals surface area contributed by atoms with Crippen LogP contribution >= 0.6 is 0 Å². The fourth-order valence-electron chi connectivity index (χ4n) is 2.87. The first-order valence-corrected chi connectivity index (χ1v) is 7.69. The Bertz CT molecular complexity index is 704. The Morgan fingerprint density at radius 3 is 2.43 bits per heavy atom. The molecule has 2 nitrogen and oxygen atoms in total.